The van der Waals surface area contributed by atoms with Crippen molar-refractivity contribution in [3.8, 4) is 0 Å². The Kier molecular flexibility index (Phi) is 14.9. The van der Waals surface area contributed by atoms with Gasteiger partial charge < -0.3 is 83.1 Å². The van der Waals surface area contributed by atoms with Crippen molar-refractivity contribution in [3.63, 3.8) is 0 Å². The van der Waals surface area contributed by atoms with Crippen molar-refractivity contribution < 1.29 is 92.7 Å². The fourth-order valence-corrected chi connectivity index (χ4v) is 14.6. The minimum absolute atomic E-state index is 0.0126. The summed E-state index contributed by atoms with van der Waals surface area (Å²) in [4.78, 5) is 24.2. The third-order valence-corrected chi connectivity index (χ3v) is 18.3. The highest BCUT2D eigenvalue weighted by Gasteiger charge is 2.68. The van der Waals surface area contributed by atoms with Crippen LogP contribution in [-0.4, -0.2) is 177 Å². The Morgan fingerprint density at radius 2 is 1.34 bits per heavy atom. The molecule has 0 spiro atoms. The fourth-order valence-electron chi connectivity index (χ4n) is 14.6. The minimum atomic E-state index is -1.68. The minimum Gasteiger partial charge on any atom is -0.459 e. The van der Waals surface area contributed by atoms with Crippen molar-refractivity contribution in [2.75, 3.05) is 13.2 Å². The van der Waals surface area contributed by atoms with Gasteiger partial charge in [-0.05, 0) is 113 Å². The molecule has 0 radical (unpaired) electrons. The van der Waals surface area contributed by atoms with E-state index in [2.05, 4.69) is 13.8 Å². The van der Waals surface area contributed by atoms with Gasteiger partial charge in [0.1, 0.15) is 55.4 Å². The molecule has 19 nitrogen and oxygen atoms in total. The molecule has 25 atom stereocenters. The maximum Gasteiger partial charge on any atom is 0.331 e. The van der Waals surface area contributed by atoms with Crippen LogP contribution in [0, 0.1) is 34.5 Å². The van der Waals surface area contributed by atoms with Crippen LogP contribution >= 0.6 is 0 Å². The number of fused-ring (bicyclic) bond motifs is 5. The summed E-state index contributed by atoms with van der Waals surface area (Å²) < 4.78 is 60.2. The van der Waals surface area contributed by atoms with Crippen LogP contribution in [0.1, 0.15) is 119 Å². The second kappa shape index (κ2) is 19.8. The van der Waals surface area contributed by atoms with Gasteiger partial charge in [-0.15, -0.1) is 0 Å². The smallest absolute Gasteiger partial charge is 0.331 e. The zero-order chi connectivity index (χ0) is 48.6. The second-order valence-corrected chi connectivity index (χ2v) is 22.1. The van der Waals surface area contributed by atoms with Crippen molar-refractivity contribution in [2.45, 2.75) is 235 Å². The average molecular weight is 969 g/mol. The molecule has 0 aromatic heterocycles. The van der Waals surface area contributed by atoms with Crippen molar-refractivity contribution in [1.82, 2.24) is 0 Å². The van der Waals surface area contributed by atoms with Gasteiger partial charge in [0.25, 0.3) is 0 Å². The number of hydrogen-bond acceptors (Lipinski definition) is 19. The Bertz CT molecular complexity index is 1810. The Hall–Kier alpha value is -1.92. The van der Waals surface area contributed by atoms with Gasteiger partial charge >= 0.3 is 11.9 Å². The molecule has 7 N–H and O–H groups in total. The third-order valence-electron chi connectivity index (χ3n) is 18.3. The molecule has 5 aliphatic heterocycles. The first kappa shape index (κ1) is 51.0. The quantitative estimate of drug-likeness (QED) is 0.115. The van der Waals surface area contributed by atoms with E-state index in [1.165, 1.54) is 6.92 Å². The molecule has 386 valence electrons. The standard InChI is InChI=1S/C49H76O19/c1-22-43(66-38-18-33(53)44(23(2)61-38)67-39-19-34(63-25(4)51)45(24(3)62-39)68-46-42(57)41(56)40(55)35(20-50)65-46)32(52)17-37(60-22)64-28-9-12-47(5)27(16-28)7-8-31-30(47)10-13-48(6)29(11-14-49(31,48)58)26-15-36(54)59-21-26/h15,22-24,27-35,37-46,50,52-53,55-58H,7-14,16-21H2,1-6H3/t22-,23-,24-,27-,28+,29-,30+,31-,32+,33+,34+,35-,37+,38?,39+,40-,41+,42-,43-,44-,45-,46+,47+,48-,49+/m1/s1. The van der Waals surface area contributed by atoms with Gasteiger partial charge in [-0.2, -0.15) is 0 Å². The van der Waals surface area contributed by atoms with Gasteiger partial charge in [0.05, 0.1) is 48.8 Å². The van der Waals surface area contributed by atoms with Crippen LogP contribution in [0.2, 0.25) is 0 Å². The zero-order valence-corrected chi connectivity index (χ0v) is 40.2. The molecule has 68 heavy (non-hydrogen) atoms. The number of carbonyl (C=O) groups excluding carboxylic acids is 2. The molecule has 4 aliphatic carbocycles. The number of ether oxygens (including phenoxy) is 10. The summed E-state index contributed by atoms with van der Waals surface area (Å²) in [6, 6.07) is 0. The topological polar surface area (TPSA) is 268 Å². The molecular weight excluding hydrogens is 893 g/mol. The van der Waals surface area contributed by atoms with Crippen LogP contribution in [0.15, 0.2) is 11.6 Å². The number of carbonyl (C=O) groups is 2. The van der Waals surface area contributed by atoms with E-state index in [0.29, 0.717) is 18.4 Å². The zero-order valence-electron chi connectivity index (χ0n) is 40.2. The second-order valence-electron chi connectivity index (χ2n) is 22.1. The summed E-state index contributed by atoms with van der Waals surface area (Å²) in [5.74, 6) is 0.357. The van der Waals surface area contributed by atoms with Crippen LogP contribution in [0.25, 0.3) is 0 Å². The highest BCUT2D eigenvalue weighted by molar-refractivity contribution is 5.85. The molecule has 0 aromatic rings. The maximum atomic E-state index is 12.6. The largest absolute Gasteiger partial charge is 0.459 e. The summed E-state index contributed by atoms with van der Waals surface area (Å²) in [7, 11) is 0. The molecule has 4 saturated heterocycles. The summed E-state index contributed by atoms with van der Waals surface area (Å²) in [6.45, 7) is 10.8. The van der Waals surface area contributed by atoms with E-state index in [-0.39, 0.29) is 54.0 Å². The summed E-state index contributed by atoms with van der Waals surface area (Å²) in [6.07, 6.45) is -7.65. The number of aliphatic hydroxyl groups excluding tert-OH is 6. The molecule has 9 rings (SSSR count). The van der Waals surface area contributed by atoms with E-state index in [0.717, 1.165) is 63.4 Å². The molecule has 4 saturated carbocycles. The van der Waals surface area contributed by atoms with Crippen molar-refractivity contribution in [1.29, 1.82) is 0 Å². The van der Waals surface area contributed by atoms with Gasteiger partial charge in [0, 0.05) is 37.7 Å². The first-order chi connectivity index (χ1) is 32.2. The predicted octanol–water partition coefficient (Wildman–Crippen LogP) is 1.64. The predicted molar refractivity (Wildman–Crippen MR) is 233 cm³/mol. The summed E-state index contributed by atoms with van der Waals surface area (Å²) in [5.41, 5.74) is 0.0925. The van der Waals surface area contributed by atoms with E-state index in [1.54, 1.807) is 19.9 Å². The van der Waals surface area contributed by atoms with Crippen molar-refractivity contribution in [2.24, 2.45) is 34.5 Å². The van der Waals surface area contributed by atoms with E-state index in [1.807, 2.05) is 6.92 Å². The van der Waals surface area contributed by atoms with Crippen molar-refractivity contribution in [3.05, 3.63) is 11.6 Å². The molecule has 19 heteroatoms. The number of cyclic esters (lactones) is 1. The monoisotopic (exact) mass is 968 g/mol. The highest BCUT2D eigenvalue weighted by atomic mass is 16.8. The maximum absolute atomic E-state index is 12.6. The fraction of sp³-hybridized carbons (Fsp3) is 0.918. The lowest BCUT2D eigenvalue weighted by Gasteiger charge is -2.64. The lowest BCUT2D eigenvalue weighted by Crippen LogP contribution is -2.62. The van der Waals surface area contributed by atoms with Crippen LogP contribution in [0.3, 0.4) is 0 Å². The molecule has 0 bridgehead atoms. The van der Waals surface area contributed by atoms with Crippen LogP contribution in [-0.2, 0) is 57.0 Å². The Labute approximate surface area is 398 Å². The average Bonchev–Trinajstić information content (AvgIpc) is 3.83. The molecule has 0 aromatic carbocycles. The van der Waals surface area contributed by atoms with Crippen LogP contribution in [0.4, 0.5) is 0 Å². The number of aliphatic hydroxyl groups is 7. The molecule has 9 aliphatic rings. The van der Waals surface area contributed by atoms with Crippen LogP contribution < -0.4 is 0 Å². The van der Waals surface area contributed by atoms with E-state index in [4.69, 9.17) is 47.4 Å². The van der Waals surface area contributed by atoms with Gasteiger partial charge in [-0.25, -0.2) is 4.79 Å². The van der Waals surface area contributed by atoms with Crippen molar-refractivity contribution >= 4 is 11.9 Å². The van der Waals surface area contributed by atoms with Crippen LogP contribution in [0.5, 0.6) is 0 Å². The van der Waals surface area contributed by atoms with E-state index in [9.17, 15) is 45.3 Å². The lowest BCUT2D eigenvalue weighted by molar-refractivity contribution is -0.355. The van der Waals surface area contributed by atoms with Gasteiger partial charge in [0.2, 0.25) is 0 Å². The normalized spacial score (nSPS) is 52.8. The van der Waals surface area contributed by atoms with Gasteiger partial charge in [0.15, 0.2) is 25.2 Å². The first-order valence-electron chi connectivity index (χ1n) is 25.2. The molecular formula is C49H76O19. The Morgan fingerprint density at radius 1 is 0.706 bits per heavy atom. The SMILES string of the molecule is CC(=O)O[C@H]1C[C@H](O[C@H]2[C@@H](O)CC(O[C@H]3[C@@H](O)C[C@H](O[C@H]4CC[C@@]5(C)[C@H](CC[C@@H]6[C@@H]5CC[C@]5(C)[C@@H](C7=CC(=O)OC7)CC[C@]65O)C4)O[C@@H]3C)O[C@@H]2C)O[C@H](C)[C@H]1O[C@@H]1O[C@H](CO)[C@@H](O)[C@H](O)[C@H]1O. The molecule has 5 heterocycles. The van der Waals surface area contributed by atoms with Gasteiger partial charge in [-0.3, -0.25) is 4.79 Å². The highest BCUT2D eigenvalue weighted by Crippen LogP contribution is 2.70. The number of rotatable bonds is 11. The van der Waals surface area contributed by atoms with Gasteiger partial charge in [-0.1, -0.05) is 13.8 Å². The third kappa shape index (κ3) is 9.36. The molecule has 8 fully saturated rings. The van der Waals surface area contributed by atoms with E-state index < -0.39 is 123 Å². The number of esters is 2. The van der Waals surface area contributed by atoms with E-state index >= 15 is 0 Å². The number of hydrogen-bond donors (Lipinski definition) is 7. The first-order valence-corrected chi connectivity index (χ1v) is 25.2. The summed E-state index contributed by atoms with van der Waals surface area (Å²) in [5, 5.41) is 76.1. The Balaban J connectivity index is 0.746. The lowest BCUT2D eigenvalue weighted by atomic mass is 9.43. The Morgan fingerprint density at radius 3 is 1.94 bits per heavy atom. The molecule has 1 unspecified atom stereocenters. The molecule has 0 amide bonds. The summed E-state index contributed by atoms with van der Waals surface area (Å²) >= 11 is 0.